The highest BCUT2D eigenvalue weighted by atomic mass is 16.5. The van der Waals surface area contributed by atoms with Gasteiger partial charge in [-0.2, -0.15) is 0 Å². The van der Waals surface area contributed by atoms with E-state index in [0.29, 0.717) is 29.5 Å². The van der Waals surface area contributed by atoms with Crippen molar-refractivity contribution < 1.29 is 7.48 Å². The normalized spacial score (nSPS) is 15.3. The molecule has 0 unspecified atom stereocenters. The zero-order valence-corrected chi connectivity index (χ0v) is 49.1. The largest absolute Gasteiger partial charge is 0.457 e. The van der Waals surface area contributed by atoms with Gasteiger partial charge in [0.25, 0.3) is 0 Å². The lowest BCUT2D eigenvalue weighted by molar-refractivity contribution is 0.332. The highest BCUT2D eigenvalue weighted by molar-refractivity contribution is 6.10. The molecule has 408 valence electrons. The van der Waals surface area contributed by atoms with E-state index >= 15 is 0 Å². The van der Waals surface area contributed by atoms with Crippen LogP contribution in [0.25, 0.3) is 72.1 Å². The van der Waals surface area contributed by atoms with Gasteiger partial charge in [0, 0.05) is 54.2 Å². The number of para-hydroxylation sites is 3. The van der Waals surface area contributed by atoms with Gasteiger partial charge in [-0.1, -0.05) is 215 Å². The number of fused-ring (bicyclic) bond motifs is 5. The maximum Gasteiger partial charge on any atom is 0.137 e. The van der Waals surface area contributed by atoms with E-state index in [0.717, 1.165) is 90.8 Å². The fourth-order valence-electron chi connectivity index (χ4n) is 12.7. The van der Waals surface area contributed by atoms with Crippen molar-refractivity contribution >= 4 is 44.6 Å². The van der Waals surface area contributed by atoms with Crippen LogP contribution in [0.5, 0.6) is 11.5 Å². The highest BCUT2D eigenvalue weighted by Crippen LogP contribution is 2.52. The van der Waals surface area contributed by atoms with Gasteiger partial charge in [-0.3, -0.25) is 4.57 Å². The Morgan fingerprint density at radius 1 is 0.488 bits per heavy atom. The standard InChI is InChI=1S/C77H74N4O/c1-74(2,3)48-56-44-72(78-49-65(56)55-35-39-66-67(43-55)77(9,10)42-41-76(66,7)8)81-68-40-36-57(75(4,5)6)45-64(68)63-38-37-60(47-71(63)81)82-59-26-19-25-58(46-59)79-50-80(70-30-18-17-29-69(70)79)73-61(53-23-15-12-16-24-53)27-20-28-62(73)54-33-31-52(32-34-54)51-21-13-11-14-22-51/h11-40,43-47,49H,41-42,48,50H2,1-10H3/i48D2. The van der Waals surface area contributed by atoms with Gasteiger partial charge in [0.1, 0.15) is 24.0 Å². The summed E-state index contributed by atoms with van der Waals surface area (Å²) in [5, 5.41) is 2.18. The van der Waals surface area contributed by atoms with Crippen LogP contribution in [0, 0.1) is 5.41 Å². The molecule has 0 amide bonds. The average Bonchev–Trinajstić information content (AvgIpc) is 1.75. The van der Waals surface area contributed by atoms with E-state index in [1.165, 1.54) is 27.8 Å². The molecule has 3 heterocycles. The lowest BCUT2D eigenvalue weighted by Gasteiger charge is -2.42. The third-order valence-corrected chi connectivity index (χ3v) is 17.2. The van der Waals surface area contributed by atoms with Crippen LogP contribution in [0.3, 0.4) is 0 Å². The van der Waals surface area contributed by atoms with Crippen molar-refractivity contribution in [2.45, 2.75) is 105 Å². The number of benzene rings is 9. The molecule has 0 fully saturated rings. The van der Waals surface area contributed by atoms with Crippen molar-refractivity contribution in [3.63, 3.8) is 0 Å². The van der Waals surface area contributed by atoms with E-state index in [-0.39, 0.29) is 16.2 Å². The number of hydrogen-bond donors (Lipinski definition) is 0. The first kappa shape index (κ1) is 50.3. The molecule has 2 aliphatic rings. The molecule has 0 saturated heterocycles. The van der Waals surface area contributed by atoms with Crippen molar-refractivity contribution in [3.8, 4) is 61.8 Å². The SMILES string of the molecule is [2H]C([2H])(c1cc(-n2c3ccc(C(C)(C)C)cc3c3ccc(Oc4cccc(N5CN(c6c(-c7ccccc7)cccc6-c6ccc(-c7ccccc7)cc6)c6ccccc65)c4)cc32)ncc1-c1ccc2c(c1)C(C)(C)CCC2(C)C)C(C)(C)C. The third kappa shape index (κ3) is 9.74. The van der Waals surface area contributed by atoms with E-state index in [1.807, 2.05) is 39.1 Å². The number of ether oxygens (including phenoxy) is 1. The van der Waals surface area contributed by atoms with Crippen LogP contribution in [-0.2, 0) is 22.6 Å². The second-order valence-corrected chi connectivity index (χ2v) is 26.1. The maximum absolute atomic E-state index is 9.94. The minimum atomic E-state index is -1.72. The summed E-state index contributed by atoms with van der Waals surface area (Å²) in [6, 6.07) is 76.0. The number of anilines is 4. The highest BCUT2D eigenvalue weighted by Gasteiger charge is 2.38. The van der Waals surface area contributed by atoms with Crippen LogP contribution in [-0.4, -0.2) is 16.2 Å². The van der Waals surface area contributed by atoms with Crippen LogP contribution in [0.2, 0.25) is 0 Å². The molecule has 1 aliphatic carbocycles. The predicted octanol–water partition coefficient (Wildman–Crippen LogP) is 21.1. The van der Waals surface area contributed by atoms with Crippen LogP contribution < -0.4 is 14.5 Å². The molecular weight excluding hydrogens is 997 g/mol. The molecule has 0 radical (unpaired) electrons. The molecule has 0 atom stereocenters. The van der Waals surface area contributed by atoms with Crippen LogP contribution in [0.1, 0.15) is 107 Å². The summed E-state index contributed by atoms with van der Waals surface area (Å²) >= 11 is 0. The zero-order valence-electron chi connectivity index (χ0n) is 51.1. The molecule has 5 heteroatoms. The smallest absolute Gasteiger partial charge is 0.137 e. The molecule has 5 nitrogen and oxygen atoms in total. The molecule has 0 bridgehead atoms. The quantitative estimate of drug-likeness (QED) is 0.137. The zero-order chi connectivity index (χ0) is 58.5. The van der Waals surface area contributed by atoms with Gasteiger partial charge in [-0.05, 0) is 146 Å². The Labute approximate surface area is 488 Å². The van der Waals surface area contributed by atoms with Gasteiger partial charge in [0.15, 0.2) is 0 Å². The number of pyridine rings is 1. The summed E-state index contributed by atoms with van der Waals surface area (Å²) in [5.74, 6) is 2.05. The van der Waals surface area contributed by atoms with Gasteiger partial charge in [-0.25, -0.2) is 4.98 Å². The molecule has 11 aromatic rings. The third-order valence-electron chi connectivity index (χ3n) is 17.2. The Balaban J connectivity index is 0.894. The lowest BCUT2D eigenvalue weighted by Crippen LogP contribution is -2.33. The minimum absolute atomic E-state index is 0.00793. The van der Waals surface area contributed by atoms with Gasteiger partial charge in [-0.15, -0.1) is 0 Å². The molecule has 1 aliphatic heterocycles. The van der Waals surface area contributed by atoms with Crippen molar-refractivity contribution in [3.05, 3.63) is 241 Å². The van der Waals surface area contributed by atoms with Crippen molar-refractivity contribution in [1.82, 2.24) is 9.55 Å². The first-order valence-electron chi connectivity index (χ1n) is 30.2. The average molecular weight is 1070 g/mol. The fourth-order valence-corrected chi connectivity index (χ4v) is 12.7. The summed E-state index contributed by atoms with van der Waals surface area (Å²) in [5.41, 5.74) is 18.9. The Morgan fingerprint density at radius 2 is 1.09 bits per heavy atom. The summed E-state index contributed by atoms with van der Waals surface area (Å²) in [7, 11) is 0. The van der Waals surface area contributed by atoms with E-state index < -0.39 is 11.8 Å². The van der Waals surface area contributed by atoms with Gasteiger partial charge in [0.05, 0.1) is 28.1 Å². The molecule has 2 aromatic heterocycles. The summed E-state index contributed by atoms with van der Waals surface area (Å²) in [6.07, 6.45) is 2.42. The first-order chi connectivity index (χ1) is 40.1. The second kappa shape index (κ2) is 20.1. The number of rotatable bonds is 10. The second-order valence-electron chi connectivity index (χ2n) is 26.1. The lowest BCUT2D eigenvalue weighted by atomic mass is 9.63. The molecule has 0 saturated carbocycles. The molecule has 13 rings (SSSR count). The molecule has 0 spiro atoms. The fraction of sp³-hybridized carbons (Fsp3) is 0.234. The van der Waals surface area contributed by atoms with Crippen LogP contribution in [0.15, 0.2) is 219 Å². The topological polar surface area (TPSA) is 33.5 Å². The summed E-state index contributed by atoms with van der Waals surface area (Å²) < 4.78 is 29.1. The monoisotopic (exact) mass is 1070 g/mol. The van der Waals surface area contributed by atoms with Crippen LogP contribution in [0.4, 0.5) is 22.7 Å². The van der Waals surface area contributed by atoms with E-state index in [9.17, 15) is 2.74 Å². The van der Waals surface area contributed by atoms with E-state index in [4.69, 9.17) is 9.72 Å². The first-order valence-corrected chi connectivity index (χ1v) is 29.2. The van der Waals surface area contributed by atoms with Gasteiger partial charge >= 0.3 is 0 Å². The van der Waals surface area contributed by atoms with Gasteiger partial charge in [0.2, 0.25) is 0 Å². The molecule has 0 N–H and O–H groups in total. The Kier molecular flexibility index (Phi) is 12.3. The molecule has 82 heavy (non-hydrogen) atoms. The number of aromatic nitrogens is 2. The van der Waals surface area contributed by atoms with E-state index in [2.05, 4.69) is 263 Å². The Bertz CT molecular complexity index is 4320. The summed E-state index contributed by atoms with van der Waals surface area (Å²) in [6.45, 7) is 22.7. The van der Waals surface area contributed by atoms with Crippen molar-refractivity contribution in [1.29, 1.82) is 0 Å². The van der Waals surface area contributed by atoms with Crippen LogP contribution >= 0.6 is 0 Å². The summed E-state index contributed by atoms with van der Waals surface area (Å²) in [4.78, 5) is 10.2. The number of hydrogen-bond acceptors (Lipinski definition) is 4. The van der Waals surface area contributed by atoms with Crippen molar-refractivity contribution in [2.75, 3.05) is 16.5 Å². The van der Waals surface area contributed by atoms with Crippen molar-refractivity contribution in [2.24, 2.45) is 5.41 Å². The Hall–Kier alpha value is -8.67. The number of nitrogens with zero attached hydrogens (tertiary/aromatic N) is 4. The van der Waals surface area contributed by atoms with E-state index in [1.54, 1.807) is 0 Å². The maximum atomic E-state index is 9.94. The Morgan fingerprint density at radius 3 is 1.78 bits per heavy atom. The predicted molar refractivity (Wildman–Crippen MR) is 346 cm³/mol. The molecular formula is C77H74N4O. The van der Waals surface area contributed by atoms with Gasteiger partial charge < -0.3 is 14.5 Å². The minimum Gasteiger partial charge on any atom is -0.457 e. The molecule has 9 aromatic carbocycles.